The van der Waals surface area contributed by atoms with Crippen LogP contribution in [-0.4, -0.2) is 29.3 Å². The average molecular weight is 239 g/mol. The molecule has 0 amide bonds. The second kappa shape index (κ2) is 6.87. The first-order chi connectivity index (χ1) is 5.61. The molecule has 2 unspecified atom stereocenters. The topological polar surface area (TPSA) is 29.5 Å². The first-order valence-corrected chi connectivity index (χ1v) is 5.59. The minimum atomic E-state index is -0.257. The van der Waals surface area contributed by atoms with Gasteiger partial charge in [0.25, 0.3) is 0 Å². The predicted octanol–water partition coefficient (Wildman–Crippen LogP) is 2.19. The molecule has 0 aliphatic heterocycles. The normalized spacial score (nSPS) is 18.8. The molecular formula is C9H19BrO2. The number of aliphatic hydroxyl groups is 1. The lowest BCUT2D eigenvalue weighted by Gasteiger charge is -2.20. The number of hydrogen-bond acceptors (Lipinski definition) is 2. The Bertz CT molecular complexity index is 109. The highest BCUT2D eigenvalue weighted by Gasteiger charge is 2.15. The molecule has 0 aromatic carbocycles. The minimum absolute atomic E-state index is 0.249. The van der Waals surface area contributed by atoms with Crippen LogP contribution in [0.2, 0.25) is 0 Å². The Labute approximate surface area is 83.4 Å². The van der Waals surface area contributed by atoms with Crippen molar-refractivity contribution in [2.45, 2.75) is 39.4 Å². The lowest BCUT2D eigenvalue weighted by molar-refractivity contribution is 0.0368. The summed E-state index contributed by atoms with van der Waals surface area (Å²) in [4.78, 5) is 0. The van der Waals surface area contributed by atoms with Crippen LogP contribution >= 0.6 is 15.9 Å². The maximum absolute atomic E-state index is 9.44. The zero-order chi connectivity index (χ0) is 9.56. The lowest BCUT2D eigenvalue weighted by Crippen LogP contribution is -2.24. The van der Waals surface area contributed by atoms with Crippen LogP contribution in [0.1, 0.15) is 27.2 Å². The summed E-state index contributed by atoms with van der Waals surface area (Å²) in [7, 11) is 0. The van der Waals surface area contributed by atoms with Gasteiger partial charge in [0.2, 0.25) is 0 Å². The number of halogens is 1. The summed E-state index contributed by atoms with van der Waals surface area (Å²) < 4.78 is 5.38. The van der Waals surface area contributed by atoms with Gasteiger partial charge in [0.1, 0.15) is 0 Å². The van der Waals surface area contributed by atoms with E-state index in [9.17, 15) is 5.11 Å². The molecule has 0 spiro atoms. The molecule has 74 valence electrons. The maximum Gasteiger partial charge on any atom is 0.0663 e. The van der Waals surface area contributed by atoms with E-state index in [0.717, 1.165) is 13.0 Å². The molecule has 0 bridgehead atoms. The molecule has 0 radical (unpaired) electrons. The Hall–Kier alpha value is 0.400. The zero-order valence-corrected chi connectivity index (χ0v) is 9.67. The van der Waals surface area contributed by atoms with Crippen LogP contribution in [0.4, 0.5) is 0 Å². The quantitative estimate of drug-likeness (QED) is 0.720. The molecule has 0 fully saturated rings. The Morgan fingerprint density at radius 2 is 2.00 bits per heavy atom. The molecule has 0 aromatic rings. The van der Waals surface area contributed by atoms with E-state index >= 15 is 0 Å². The highest BCUT2D eigenvalue weighted by Crippen LogP contribution is 2.14. The monoisotopic (exact) mass is 238 g/mol. The van der Waals surface area contributed by atoms with Crippen molar-refractivity contribution >= 4 is 15.9 Å². The molecular weight excluding hydrogens is 220 g/mol. The third kappa shape index (κ3) is 5.12. The molecule has 12 heavy (non-hydrogen) atoms. The summed E-state index contributed by atoms with van der Waals surface area (Å²) in [6.07, 6.45) is 0.909. The predicted molar refractivity (Wildman–Crippen MR) is 54.7 cm³/mol. The van der Waals surface area contributed by atoms with E-state index in [-0.39, 0.29) is 12.2 Å². The Balaban J connectivity index is 3.59. The molecule has 0 aromatic heterocycles. The molecule has 0 aliphatic carbocycles. The second-order valence-corrected chi connectivity index (χ2v) is 3.85. The summed E-state index contributed by atoms with van der Waals surface area (Å²) in [5.41, 5.74) is 0. The van der Waals surface area contributed by atoms with Gasteiger partial charge >= 0.3 is 0 Å². The third-order valence-corrected chi connectivity index (χ3v) is 2.63. The van der Waals surface area contributed by atoms with Gasteiger partial charge in [-0.05, 0) is 26.2 Å². The van der Waals surface area contributed by atoms with E-state index in [1.54, 1.807) is 0 Å². The molecule has 3 heteroatoms. The number of rotatable bonds is 6. The number of aliphatic hydroxyl groups excluding tert-OH is 1. The van der Waals surface area contributed by atoms with Crippen molar-refractivity contribution in [1.29, 1.82) is 0 Å². The fraction of sp³-hybridized carbons (Fsp3) is 1.00. The van der Waals surface area contributed by atoms with Crippen LogP contribution in [0.3, 0.4) is 0 Å². The van der Waals surface area contributed by atoms with E-state index in [0.29, 0.717) is 11.2 Å². The number of alkyl halides is 1. The van der Waals surface area contributed by atoms with Gasteiger partial charge in [0.05, 0.1) is 12.2 Å². The largest absolute Gasteiger partial charge is 0.392 e. The maximum atomic E-state index is 9.44. The summed E-state index contributed by atoms with van der Waals surface area (Å²) in [5, 5.41) is 10.1. The fourth-order valence-electron chi connectivity index (χ4n) is 1.19. The van der Waals surface area contributed by atoms with Gasteiger partial charge in [-0.2, -0.15) is 0 Å². The molecule has 0 saturated carbocycles. The summed E-state index contributed by atoms with van der Waals surface area (Å²) >= 11 is 3.25. The van der Waals surface area contributed by atoms with Gasteiger partial charge in [-0.3, -0.25) is 0 Å². The van der Waals surface area contributed by atoms with E-state index < -0.39 is 0 Å². The molecule has 0 aliphatic rings. The third-order valence-electron chi connectivity index (χ3n) is 1.97. The number of ether oxygens (including phenoxy) is 1. The minimum Gasteiger partial charge on any atom is -0.392 e. The Morgan fingerprint density at radius 1 is 1.42 bits per heavy atom. The van der Waals surface area contributed by atoms with Crippen molar-refractivity contribution in [3.63, 3.8) is 0 Å². The molecule has 0 rings (SSSR count). The highest BCUT2D eigenvalue weighted by molar-refractivity contribution is 9.09. The standard InChI is InChI=1S/C9H19BrO2/c1-4-12-8(3)5-7(2)9(11)6-10/h7-9,11H,4-6H2,1-3H3/t7-,8?,9?/m1/s1. The molecule has 0 saturated heterocycles. The average Bonchev–Trinajstić information content (AvgIpc) is 2.03. The van der Waals surface area contributed by atoms with Crippen LogP contribution in [0.5, 0.6) is 0 Å². The van der Waals surface area contributed by atoms with E-state index in [1.165, 1.54) is 0 Å². The van der Waals surface area contributed by atoms with Crippen molar-refractivity contribution in [1.82, 2.24) is 0 Å². The highest BCUT2D eigenvalue weighted by atomic mass is 79.9. The van der Waals surface area contributed by atoms with E-state index in [4.69, 9.17) is 4.74 Å². The fourth-order valence-corrected chi connectivity index (χ4v) is 1.82. The van der Waals surface area contributed by atoms with Crippen LogP contribution in [0, 0.1) is 5.92 Å². The van der Waals surface area contributed by atoms with Crippen LogP contribution in [0.25, 0.3) is 0 Å². The summed E-state index contributed by atoms with van der Waals surface area (Å²) in [5.74, 6) is 0.297. The smallest absolute Gasteiger partial charge is 0.0663 e. The molecule has 0 heterocycles. The Morgan fingerprint density at radius 3 is 2.42 bits per heavy atom. The SMILES string of the molecule is CCOC(C)C[C@@H](C)C(O)CBr. The Kier molecular flexibility index (Phi) is 7.10. The molecule has 1 N–H and O–H groups in total. The first-order valence-electron chi connectivity index (χ1n) is 4.47. The van der Waals surface area contributed by atoms with Gasteiger partial charge in [-0.15, -0.1) is 0 Å². The van der Waals surface area contributed by atoms with Crippen molar-refractivity contribution in [3.8, 4) is 0 Å². The lowest BCUT2D eigenvalue weighted by atomic mass is 9.99. The second-order valence-electron chi connectivity index (χ2n) is 3.20. The van der Waals surface area contributed by atoms with Crippen molar-refractivity contribution in [2.75, 3.05) is 11.9 Å². The van der Waals surface area contributed by atoms with Crippen LogP contribution in [0.15, 0.2) is 0 Å². The van der Waals surface area contributed by atoms with Crippen LogP contribution < -0.4 is 0 Å². The molecule has 2 nitrogen and oxygen atoms in total. The zero-order valence-electron chi connectivity index (χ0n) is 8.09. The summed E-state index contributed by atoms with van der Waals surface area (Å²) in [6, 6.07) is 0. The molecule has 3 atom stereocenters. The van der Waals surface area contributed by atoms with Gasteiger partial charge in [-0.25, -0.2) is 0 Å². The van der Waals surface area contributed by atoms with Crippen molar-refractivity contribution < 1.29 is 9.84 Å². The van der Waals surface area contributed by atoms with Gasteiger partial charge in [-0.1, -0.05) is 22.9 Å². The van der Waals surface area contributed by atoms with Gasteiger partial charge < -0.3 is 9.84 Å². The van der Waals surface area contributed by atoms with Gasteiger partial charge in [0, 0.05) is 11.9 Å². The number of hydrogen-bond donors (Lipinski definition) is 1. The van der Waals surface area contributed by atoms with E-state index in [1.807, 2.05) is 20.8 Å². The van der Waals surface area contributed by atoms with Crippen molar-refractivity contribution in [3.05, 3.63) is 0 Å². The van der Waals surface area contributed by atoms with Gasteiger partial charge in [0.15, 0.2) is 0 Å². The summed E-state index contributed by atoms with van der Waals surface area (Å²) in [6.45, 7) is 6.82. The van der Waals surface area contributed by atoms with E-state index in [2.05, 4.69) is 15.9 Å². The first kappa shape index (κ1) is 12.4. The van der Waals surface area contributed by atoms with Crippen molar-refractivity contribution in [2.24, 2.45) is 5.92 Å². The van der Waals surface area contributed by atoms with Crippen LogP contribution in [-0.2, 0) is 4.74 Å².